The van der Waals surface area contributed by atoms with Crippen molar-refractivity contribution < 1.29 is 9.59 Å². The average Bonchev–Trinajstić information content (AvgIpc) is 2.45. The molecule has 0 saturated heterocycles. The Labute approximate surface area is 150 Å². The van der Waals surface area contributed by atoms with E-state index in [4.69, 9.17) is 23.2 Å². The molecule has 0 aliphatic carbocycles. The second-order valence-electron chi connectivity index (χ2n) is 5.41. The summed E-state index contributed by atoms with van der Waals surface area (Å²) in [5, 5.41) is 1.02. The van der Waals surface area contributed by atoms with Gasteiger partial charge < -0.3 is 0 Å². The minimum atomic E-state index is -0.0133. The number of benzene rings is 2. The second-order valence-corrected chi connectivity index (χ2v) is 7.31. The summed E-state index contributed by atoms with van der Waals surface area (Å²) >= 11 is 14.0. The predicted molar refractivity (Wildman–Crippen MR) is 96.5 cm³/mol. The maximum Gasteiger partial charge on any atom is 0.160 e. The molecule has 0 aliphatic heterocycles. The molecule has 0 atom stereocenters. The van der Waals surface area contributed by atoms with Crippen molar-refractivity contribution in [3.63, 3.8) is 0 Å². The van der Waals surface area contributed by atoms with Gasteiger partial charge in [-0.15, -0.1) is 0 Å². The molecule has 0 aromatic heterocycles. The molecular weight excluding hydrogens is 351 g/mol. The molecule has 0 unspecified atom stereocenters. The highest BCUT2D eigenvalue weighted by molar-refractivity contribution is 7.99. The second kappa shape index (κ2) is 7.08. The zero-order chi connectivity index (χ0) is 17.3. The topological polar surface area (TPSA) is 34.1 Å². The summed E-state index contributed by atoms with van der Waals surface area (Å²) in [5.41, 5.74) is 2.98. The third kappa shape index (κ3) is 3.97. The van der Waals surface area contributed by atoms with Gasteiger partial charge in [-0.05, 0) is 63.1 Å². The van der Waals surface area contributed by atoms with Crippen LogP contribution in [0.3, 0.4) is 0 Å². The van der Waals surface area contributed by atoms with Crippen molar-refractivity contribution in [1.29, 1.82) is 0 Å². The van der Waals surface area contributed by atoms with Crippen LogP contribution in [-0.4, -0.2) is 11.6 Å². The highest BCUT2D eigenvalue weighted by Gasteiger charge is 2.14. The summed E-state index contributed by atoms with van der Waals surface area (Å²) in [6, 6.07) is 7.14. The van der Waals surface area contributed by atoms with E-state index in [1.54, 1.807) is 12.1 Å². The summed E-state index contributed by atoms with van der Waals surface area (Å²) in [6.07, 6.45) is 0. The van der Waals surface area contributed by atoms with Crippen molar-refractivity contribution in [2.24, 2.45) is 0 Å². The SMILES string of the molecule is CC(=O)c1cc(Cl)c(Sc2cc(C)c(C(C)=O)cc2Cl)cc1C. The van der Waals surface area contributed by atoms with Crippen molar-refractivity contribution in [2.75, 3.05) is 0 Å². The third-order valence-electron chi connectivity index (χ3n) is 3.54. The minimum Gasteiger partial charge on any atom is -0.295 e. The van der Waals surface area contributed by atoms with Crippen molar-refractivity contribution in [1.82, 2.24) is 0 Å². The van der Waals surface area contributed by atoms with E-state index in [-0.39, 0.29) is 11.6 Å². The molecule has 23 heavy (non-hydrogen) atoms. The first-order chi connectivity index (χ1) is 10.7. The van der Waals surface area contributed by atoms with E-state index in [0.29, 0.717) is 21.2 Å². The lowest BCUT2D eigenvalue weighted by Crippen LogP contribution is -1.98. The molecule has 2 rings (SSSR count). The molecule has 0 fully saturated rings. The lowest BCUT2D eigenvalue weighted by Gasteiger charge is -2.12. The van der Waals surface area contributed by atoms with Gasteiger partial charge in [0.25, 0.3) is 0 Å². The van der Waals surface area contributed by atoms with Crippen molar-refractivity contribution in [3.8, 4) is 0 Å². The van der Waals surface area contributed by atoms with Gasteiger partial charge in [-0.2, -0.15) is 0 Å². The van der Waals surface area contributed by atoms with Crippen LogP contribution in [-0.2, 0) is 0 Å². The van der Waals surface area contributed by atoms with Gasteiger partial charge >= 0.3 is 0 Å². The van der Waals surface area contributed by atoms with Gasteiger partial charge in [-0.25, -0.2) is 0 Å². The molecule has 5 heteroatoms. The molecule has 0 radical (unpaired) electrons. The summed E-state index contributed by atoms with van der Waals surface area (Å²) in [6.45, 7) is 6.80. The smallest absolute Gasteiger partial charge is 0.160 e. The maximum absolute atomic E-state index is 11.6. The predicted octanol–water partition coefficient (Wildman–Crippen LogP) is 6.17. The lowest BCUT2D eigenvalue weighted by atomic mass is 10.1. The molecule has 0 heterocycles. The fraction of sp³-hybridized carbons (Fsp3) is 0.222. The van der Waals surface area contributed by atoms with Crippen molar-refractivity contribution in [2.45, 2.75) is 37.5 Å². The third-order valence-corrected chi connectivity index (χ3v) is 5.50. The maximum atomic E-state index is 11.6. The highest BCUT2D eigenvalue weighted by Crippen LogP contribution is 2.39. The zero-order valence-corrected chi connectivity index (χ0v) is 15.6. The van der Waals surface area contributed by atoms with Crippen molar-refractivity contribution >= 4 is 46.5 Å². The van der Waals surface area contributed by atoms with E-state index in [2.05, 4.69) is 0 Å². The monoisotopic (exact) mass is 366 g/mol. The molecular formula is C18H16Cl2O2S. The van der Waals surface area contributed by atoms with E-state index >= 15 is 0 Å². The van der Waals surface area contributed by atoms with Gasteiger partial charge in [-0.1, -0.05) is 35.0 Å². The Morgan fingerprint density at radius 2 is 1.13 bits per heavy atom. The highest BCUT2D eigenvalue weighted by atomic mass is 35.5. The van der Waals surface area contributed by atoms with E-state index in [9.17, 15) is 9.59 Å². The number of carbonyl (C=O) groups is 2. The number of aryl methyl sites for hydroxylation is 2. The molecule has 0 spiro atoms. The van der Waals surface area contributed by atoms with Gasteiger partial charge in [-0.3, -0.25) is 9.59 Å². The van der Waals surface area contributed by atoms with Gasteiger partial charge in [0.15, 0.2) is 11.6 Å². The van der Waals surface area contributed by atoms with Gasteiger partial charge in [0, 0.05) is 20.9 Å². The fourth-order valence-corrected chi connectivity index (χ4v) is 3.92. The van der Waals surface area contributed by atoms with E-state index in [1.165, 1.54) is 25.6 Å². The molecule has 2 aromatic rings. The number of Topliss-reactive ketones (excluding diaryl/α,β-unsaturated/α-hetero) is 2. The first kappa shape index (κ1) is 18.1. The number of hydrogen-bond acceptors (Lipinski definition) is 3. The summed E-state index contributed by atoms with van der Waals surface area (Å²) in [7, 11) is 0. The quantitative estimate of drug-likeness (QED) is 0.606. The first-order valence-electron chi connectivity index (χ1n) is 7.00. The number of carbonyl (C=O) groups excluding carboxylic acids is 2. The van der Waals surface area contributed by atoms with Crippen LogP contribution in [0.1, 0.15) is 45.7 Å². The Morgan fingerprint density at radius 1 is 0.783 bits per heavy atom. The molecule has 0 N–H and O–H groups in total. The van der Waals surface area contributed by atoms with Crippen LogP contribution in [0.5, 0.6) is 0 Å². The summed E-state index contributed by atoms with van der Waals surface area (Å²) in [5.74, 6) is -0.0266. The molecule has 0 amide bonds. The zero-order valence-electron chi connectivity index (χ0n) is 13.3. The molecule has 0 aliphatic rings. The molecule has 0 bridgehead atoms. The Bertz CT molecular complexity index is 746. The first-order valence-corrected chi connectivity index (χ1v) is 8.58. The minimum absolute atomic E-state index is 0.0133. The largest absolute Gasteiger partial charge is 0.295 e. The Morgan fingerprint density at radius 3 is 1.43 bits per heavy atom. The van der Waals surface area contributed by atoms with Crippen LogP contribution in [0.15, 0.2) is 34.1 Å². The number of halogens is 2. The number of hydrogen-bond donors (Lipinski definition) is 0. The van der Waals surface area contributed by atoms with Crippen LogP contribution in [0.25, 0.3) is 0 Å². The fourth-order valence-electron chi connectivity index (χ4n) is 2.34. The summed E-state index contributed by atoms with van der Waals surface area (Å²) < 4.78 is 0. The van der Waals surface area contributed by atoms with Crippen molar-refractivity contribution in [3.05, 3.63) is 56.6 Å². The molecule has 0 saturated carbocycles. The van der Waals surface area contributed by atoms with Crippen LogP contribution in [0.4, 0.5) is 0 Å². The van der Waals surface area contributed by atoms with Crippen LogP contribution in [0, 0.1) is 13.8 Å². The lowest BCUT2D eigenvalue weighted by molar-refractivity contribution is 0.100. The normalized spacial score (nSPS) is 10.7. The number of rotatable bonds is 4. The summed E-state index contributed by atoms with van der Waals surface area (Å²) in [4.78, 5) is 24.8. The van der Waals surface area contributed by atoms with Gasteiger partial charge in [0.2, 0.25) is 0 Å². The Kier molecular flexibility index (Phi) is 5.56. The van der Waals surface area contributed by atoms with Crippen LogP contribution >= 0.6 is 35.0 Å². The molecule has 120 valence electrons. The van der Waals surface area contributed by atoms with Crippen LogP contribution in [0.2, 0.25) is 10.0 Å². The van der Waals surface area contributed by atoms with E-state index < -0.39 is 0 Å². The van der Waals surface area contributed by atoms with Crippen LogP contribution < -0.4 is 0 Å². The molecule has 2 aromatic carbocycles. The van der Waals surface area contributed by atoms with Gasteiger partial charge in [0.1, 0.15) is 0 Å². The van der Waals surface area contributed by atoms with E-state index in [0.717, 1.165) is 20.9 Å². The Hall–Kier alpha value is -1.29. The van der Waals surface area contributed by atoms with E-state index in [1.807, 2.05) is 26.0 Å². The Balaban J connectivity index is 2.44. The molecule has 2 nitrogen and oxygen atoms in total. The standard InChI is InChI=1S/C18H16Cl2O2S/c1-9-5-17(15(19)7-13(9)11(3)21)23-18-6-10(2)14(12(4)22)8-16(18)20/h5-8H,1-4H3. The average molecular weight is 367 g/mol. The number of ketones is 2. The van der Waals surface area contributed by atoms with Gasteiger partial charge in [0.05, 0.1) is 10.0 Å².